The van der Waals surface area contributed by atoms with Crippen LogP contribution in [0.15, 0.2) is 0 Å². The minimum absolute atomic E-state index is 0.0500. The lowest BCUT2D eigenvalue weighted by Gasteiger charge is -2.28. The normalized spacial score (nSPS) is 25.4. The number of rotatable bonds is 6. The Morgan fingerprint density at radius 1 is 1.39 bits per heavy atom. The number of carboxylic acids is 1. The van der Waals surface area contributed by atoms with Crippen LogP contribution in [0.3, 0.4) is 0 Å². The minimum Gasteiger partial charge on any atom is -0.481 e. The number of nitrogens with two attached hydrogens (primary N) is 1. The van der Waals surface area contributed by atoms with Gasteiger partial charge >= 0.3 is 5.97 Å². The second kappa shape index (κ2) is 7.36. The molecule has 0 bridgehead atoms. The predicted octanol–water partition coefficient (Wildman–Crippen LogP) is 1.12. The first-order valence-electron chi connectivity index (χ1n) is 6.82. The fraction of sp³-hybridized carbons (Fsp3) is 0.846. The molecular weight excluding hydrogens is 232 g/mol. The van der Waals surface area contributed by atoms with E-state index < -0.39 is 12.0 Å². The van der Waals surface area contributed by atoms with Crippen LogP contribution in [-0.4, -0.2) is 29.6 Å². The second-order valence-corrected chi connectivity index (χ2v) is 5.13. The van der Waals surface area contributed by atoms with Gasteiger partial charge in [0.15, 0.2) is 0 Å². The summed E-state index contributed by atoms with van der Waals surface area (Å²) in [5.41, 5.74) is 5.71. The monoisotopic (exact) mass is 256 g/mol. The van der Waals surface area contributed by atoms with E-state index in [-0.39, 0.29) is 17.7 Å². The van der Waals surface area contributed by atoms with E-state index in [2.05, 4.69) is 5.32 Å². The molecule has 104 valence electrons. The highest BCUT2D eigenvalue weighted by Crippen LogP contribution is 2.29. The van der Waals surface area contributed by atoms with Gasteiger partial charge in [-0.15, -0.1) is 0 Å². The summed E-state index contributed by atoms with van der Waals surface area (Å²) in [7, 11) is 0. The molecule has 0 aromatic carbocycles. The maximum absolute atomic E-state index is 11.7. The molecule has 0 saturated heterocycles. The van der Waals surface area contributed by atoms with Gasteiger partial charge in [0.05, 0.1) is 12.0 Å². The van der Waals surface area contributed by atoms with Gasteiger partial charge in [-0.1, -0.05) is 26.2 Å². The maximum atomic E-state index is 11.7. The molecule has 4 N–H and O–H groups in total. The van der Waals surface area contributed by atoms with E-state index in [1.165, 1.54) is 0 Å². The molecule has 18 heavy (non-hydrogen) atoms. The van der Waals surface area contributed by atoms with Crippen molar-refractivity contribution in [3.05, 3.63) is 0 Å². The van der Waals surface area contributed by atoms with Gasteiger partial charge in [-0.05, 0) is 25.2 Å². The first-order chi connectivity index (χ1) is 8.56. The van der Waals surface area contributed by atoms with Crippen LogP contribution in [-0.2, 0) is 9.59 Å². The molecule has 0 radical (unpaired) electrons. The van der Waals surface area contributed by atoms with Crippen LogP contribution < -0.4 is 11.1 Å². The molecule has 1 aliphatic carbocycles. The number of hydrogen-bond acceptors (Lipinski definition) is 3. The zero-order valence-corrected chi connectivity index (χ0v) is 11.0. The SMILES string of the molecule is CCCC(N)C(=O)NCC1CCCC[C@@H]1C(=O)O. The molecule has 1 fully saturated rings. The Labute approximate surface area is 108 Å². The fourth-order valence-corrected chi connectivity index (χ4v) is 2.58. The Balaban J connectivity index is 2.40. The number of carbonyl (C=O) groups is 2. The van der Waals surface area contributed by atoms with Crippen LogP contribution in [0.25, 0.3) is 0 Å². The fourth-order valence-electron chi connectivity index (χ4n) is 2.58. The minimum atomic E-state index is -0.744. The van der Waals surface area contributed by atoms with Gasteiger partial charge in [0.25, 0.3) is 0 Å². The Morgan fingerprint density at radius 3 is 2.67 bits per heavy atom. The second-order valence-electron chi connectivity index (χ2n) is 5.13. The Hall–Kier alpha value is -1.10. The van der Waals surface area contributed by atoms with Gasteiger partial charge in [-0.2, -0.15) is 0 Å². The molecular formula is C13H24N2O3. The molecule has 3 atom stereocenters. The average Bonchev–Trinajstić information content (AvgIpc) is 2.36. The number of amides is 1. The van der Waals surface area contributed by atoms with Gasteiger partial charge < -0.3 is 16.2 Å². The number of aliphatic carboxylic acids is 1. The highest BCUT2D eigenvalue weighted by molar-refractivity contribution is 5.81. The molecule has 1 rings (SSSR count). The molecule has 5 heteroatoms. The quantitative estimate of drug-likeness (QED) is 0.664. The Bertz CT molecular complexity index is 294. The molecule has 2 unspecified atom stereocenters. The number of carbonyl (C=O) groups excluding carboxylic acids is 1. The third kappa shape index (κ3) is 4.29. The van der Waals surface area contributed by atoms with Gasteiger partial charge in [-0.25, -0.2) is 0 Å². The molecule has 1 amide bonds. The van der Waals surface area contributed by atoms with E-state index in [4.69, 9.17) is 10.8 Å². The van der Waals surface area contributed by atoms with Gasteiger partial charge in [0, 0.05) is 6.54 Å². The highest BCUT2D eigenvalue weighted by Gasteiger charge is 2.31. The number of nitrogens with one attached hydrogen (secondary N) is 1. The van der Waals surface area contributed by atoms with E-state index in [1.54, 1.807) is 0 Å². The first-order valence-corrected chi connectivity index (χ1v) is 6.82. The van der Waals surface area contributed by atoms with Crippen LogP contribution in [0.2, 0.25) is 0 Å². The lowest BCUT2D eigenvalue weighted by molar-refractivity contribution is -0.145. The molecule has 1 saturated carbocycles. The van der Waals surface area contributed by atoms with Crippen molar-refractivity contribution in [2.45, 2.75) is 51.5 Å². The summed E-state index contributed by atoms with van der Waals surface area (Å²) in [5.74, 6) is -1.17. The maximum Gasteiger partial charge on any atom is 0.306 e. The summed E-state index contributed by atoms with van der Waals surface area (Å²) in [5, 5.41) is 11.9. The molecule has 0 heterocycles. The lowest BCUT2D eigenvalue weighted by atomic mass is 9.79. The third-order valence-electron chi connectivity index (χ3n) is 3.70. The average molecular weight is 256 g/mol. The highest BCUT2D eigenvalue weighted by atomic mass is 16.4. The standard InChI is InChI=1S/C13H24N2O3/c1-2-5-11(14)12(16)15-8-9-6-3-4-7-10(9)13(17)18/h9-11H,2-8,14H2,1H3,(H,15,16)(H,17,18)/t9?,10-,11?/m0/s1. The number of carboxylic acid groups (broad SMARTS) is 1. The summed E-state index contributed by atoms with van der Waals surface area (Å²) in [6.07, 6.45) is 5.15. The summed E-state index contributed by atoms with van der Waals surface area (Å²) in [6, 6.07) is -0.470. The topological polar surface area (TPSA) is 92.4 Å². The van der Waals surface area contributed by atoms with E-state index in [0.29, 0.717) is 13.0 Å². The van der Waals surface area contributed by atoms with Gasteiger partial charge in [0.1, 0.15) is 0 Å². The van der Waals surface area contributed by atoms with Crippen LogP contribution in [0.5, 0.6) is 0 Å². The van der Waals surface area contributed by atoms with E-state index in [1.807, 2.05) is 6.92 Å². The van der Waals surface area contributed by atoms with Crippen molar-refractivity contribution in [2.75, 3.05) is 6.54 Å². The summed E-state index contributed by atoms with van der Waals surface area (Å²) in [6.45, 7) is 2.42. The molecule has 0 aromatic heterocycles. The van der Waals surface area contributed by atoms with Crippen LogP contribution in [0.4, 0.5) is 0 Å². The van der Waals surface area contributed by atoms with Crippen LogP contribution in [0.1, 0.15) is 45.4 Å². The third-order valence-corrected chi connectivity index (χ3v) is 3.70. The van der Waals surface area contributed by atoms with Crippen molar-refractivity contribution in [1.29, 1.82) is 0 Å². The molecule has 0 aliphatic heterocycles. The van der Waals surface area contributed by atoms with Crippen molar-refractivity contribution >= 4 is 11.9 Å². The van der Waals surface area contributed by atoms with Gasteiger partial charge in [-0.3, -0.25) is 9.59 Å². The molecule has 0 aromatic rings. The van der Waals surface area contributed by atoms with Crippen molar-refractivity contribution in [3.63, 3.8) is 0 Å². The van der Waals surface area contributed by atoms with Crippen molar-refractivity contribution < 1.29 is 14.7 Å². The zero-order chi connectivity index (χ0) is 13.5. The van der Waals surface area contributed by atoms with E-state index in [9.17, 15) is 9.59 Å². The summed E-state index contributed by atoms with van der Waals surface area (Å²) < 4.78 is 0. The van der Waals surface area contributed by atoms with Crippen molar-refractivity contribution in [3.8, 4) is 0 Å². The van der Waals surface area contributed by atoms with E-state index in [0.717, 1.165) is 32.1 Å². The van der Waals surface area contributed by atoms with E-state index >= 15 is 0 Å². The number of hydrogen-bond donors (Lipinski definition) is 3. The van der Waals surface area contributed by atoms with Gasteiger partial charge in [0.2, 0.25) is 5.91 Å². The summed E-state index contributed by atoms with van der Waals surface area (Å²) in [4.78, 5) is 22.8. The zero-order valence-electron chi connectivity index (χ0n) is 11.0. The molecule has 5 nitrogen and oxygen atoms in total. The largest absolute Gasteiger partial charge is 0.481 e. The van der Waals surface area contributed by atoms with Crippen LogP contribution >= 0.6 is 0 Å². The van der Waals surface area contributed by atoms with Crippen LogP contribution in [0, 0.1) is 11.8 Å². The Kier molecular flexibility index (Phi) is 6.12. The van der Waals surface area contributed by atoms with Crippen molar-refractivity contribution in [1.82, 2.24) is 5.32 Å². The lowest BCUT2D eigenvalue weighted by Crippen LogP contribution is -2.44. The predicted molar refractivity (Wildman–Crippen MR) is 69.0 cm³/mol. The molecule has 0 spiro atoms. The first kappa shape index (κ1) is 15.0. The van der Waals surface area contributed by atoms with Crippen molar-refractivity contribution in [2.24, 2.45) is 17.6 Å². The smallest absolute Gasteiger partial charge is 0.306 e. The molecule has 1 aliphatic rings. The Morgan fingerprint density at radius 2 is 2.06 bits per heavy atom. The summed E-state index contributed by atoms with van der Waals surface area (Å²) >= 11 is 0.